The molecule has 1 aliphatic carbocycles. The molecule has 2 aliphatic rings. The van der Waals surface area contributed by atoms with Crippen LogP contribution in [0, 0.1) is 11.8 Å². The molecule has 1 atom stereocenters. The average molecular weight is 273 g/mol. The molecule has 1 heterocycles. The van der Waals surface area contributed by atoms with Crippen molar-refractivity contribution in [2.75, 3.05) is 13.1 Å². The highest BCUT2D eigenvalue weighted by Gasteiger charge is 2.34. The molecule has 1 fully saturated rings. The molecular weight excluding hydrogens is 254 g/mol. The Morgan fingerprint density at radius 1 is 1.10 bits per heavy atom. The number of carbonyl (C=O) groups excluding carboxylic acids is 1. The topological polar surface area (TPSA) is 57.6 Å². The molecule has 3 rings (SSSR count). The van der Waals surface area contributed by atoms with Gasteiger partial charge in [-0.25, -0.2) is 0 Å². The van der Waals surface area contributed by atoms with Gasteiger partial charge in [0.05, 0.1) is 5.92 Å². The first-order valence-corrected chi connectivity index (χ1v) is 7.23. The molecule has 1 amide bonds. The van der Waals surface area contributed by atoms with E-state index >= 15 is 0 Å². The smallest absolute Gasteiger partial charge is 0.308 e. The number of carboxylic acid groups (broad SMARTS) is 1. The van der Waals surface area contributed by atoms with Crippen molar-refractivity contribution in [3.63, 3.8) is 0 Å². The lowest BCUT2D eigenvalue weighted by atomic mass is 9.96. The van der Waals surface area contributed by atoms with Crippen molar-refractivity contribution in [3.8, 4) is 0 Å². The summed E-state index contributed by atoms with van der Waals surface area (Å²) >= 11 is 0. The minimum absolute atomic E-state index is 0.0000510. The molecule has 20 heavy (non-hydrogen) atoms. The molecule has 4 nitrogen and oxygen atoms in total. The van der Waals surface area contributed by atoms with Gasteiger partial charge in [0.25, 0.3) is 0 Å². The van der Waals surface area contributed by atoms with Crippen LogP contribution < -0.4 is 0 Å². The lowest BCUT2D eigenvalue weighted by Gasteiger charge is -2.32. The van der Waals surface area contributed by atoms with Crippen LogP contribution in [0.4, 0.5) is 0 Å². The number of rotatable bonds is 2. The molecule has 0 saturated carbocycles. The molecule has 1 aromatic carbocycles. The van der Waals surface area contributed by atoms with Gasteiger partial charge in [0, 0.05) is 19.0 Å². The van der Waals surface area contributed by atoms with Crippen molar-refractivity contribution < 1.29 is 14.7 Å². The Labute approximate surface area is 118 Å². The Hall–Kier alpha value is -1.84. The van der Waals surface area contributed by atoms with E-state index in [0.29, 0.717) is 19.5 Å². The highest BCUT2D eigenvalue weighted by Crippen LogP contribution is 2.29. The fourth-order valence-corrected chi connectivity index (χ4v) is 3.37. The van der Waals surface area contributed by atoms with Crippen molar-refractivity contribution in [1.29, 1.82) is 0 Å². The zero-order chi connectivity index (χ0) is 14.1. The molecule has 1 aromatic rings. The fourth-order valence-electron chi connectivity index (χ4n) is 3.37. The van der Waals surface area contributed by atoms with Crippen LogP contribution in [0.2, 0.25) is 0 Å². The van der Waals surface area contributed by atoms with Crippen LogP contribution in [0.25, 0.3) is 0 Å². The van der Waals surface area contributed by atoms with Crippen LogP contribution in [0.5, 0.6) is 0 Å². The lowest BCUT2D eigenvalue weighted by Crippen LogP contribution is -2.45. The fraction of sp³-hybridized carbons (Fsp3) is 0.500. The maximum Gasteiger partial charge on any atom is 0.308 e. The number of amides is 1. The van der Waals surface area contributed by atoms with E-state index in [2.05, 4.69) is 12.1 Å². The van der Waals surface area contributed by atoms with Crippen LogP contribution in [-0.4, -0.2) is 35.0 Å². The number of fused-ring (bicyclic) bond motifs is 1. The van der Waals surface area contributed by atoms with E-state index in [1.54, 1.807) is 4.90 Å². The van der Waals surface area contributed by atoms with E-state index in [1.807, 2.05) is 12.1 Å². The number of aliphatic carboxylic acids is 1. The van der Waals surface area contributed by atoms with Gasteiger partial charge in [-0.1, -0.05) is 24.3 Å². The Kier molecular flexibility index (Phi) is 3.47. The van der Waals surface area contributed by atoms with Gasteiger partial charge in [-0.05, 0) is 36.8 Å². The second-order valence-corrected chi connectivity index (χ2v) is 5.84. The van der Waals surface area contributed by atoms with Gasteiger partial charge in [-0.15, -0.1) is 0 Å². The second-order valence-electron chi connectivity index (χ2n) is 5.84. The standard InChI is InChI=1S/C16H19NO3/c18-15(17-7-3-6-13(10-17)16(19)20)14-8-11-4-1-2-5-12(11)9-14/h1-2,4-5,13-14H,3,6-10H2,(H,19,20). The molecule has 106 valence electrons. The van der Waals surface area contributed by atoms with Crippen LogP contribution in [0.1, 0.15) is 24.0 Å². The SMILES string of the molecule is O=C(O)C1CCCN(C(=O)C2Cc3ccccc3C2)C1. The van der Waals surface area contributed by atoms with E-state index in [1.165, 1.54) is 11.1 Å². The maximum atomic E-state index is 12.6. The van der Waals surface area contributed by atoms with E-state index in [0.717, 1.165) is 19.3 Å². The number of hydrogen-bond donors (Lipinski definition) is 1. The zero-order valence-electron chi connectivity index (χ0n) is 11.4. The second kappa shape index (κ2) is 5.27. The Balaban J connectivity index is 1.67. The Morgan fingerprint density at radius 3 is 2.35 bits per heavy atom. The number of nitrogens with zero attached hydrogens (tertiary/aromatic N) is 1. The first-order valence-electron chi connectivity index (χ1n) is 7.23. The number of benzene rings is 1. The van der Waals surface area contributed by atoms with Gasteiger partial charge in [-0.3, -0.25) is 9.59 Å². The predicted molar refractivity (Wildman–Crippen MR) is 74.3 cm³/mol. The lowest BCUT2D eigenvalue weighted by molar-refractivity contribution is -0.146. The molecule has 0 spiro atoms. The maximum absolute atomic E-state index is 12.6. The summed E-state index contributed by atoms with van der Waals surface area (Å²) in [5.41, 5.74) is 2.52. The average Bonchev–Trinajstić information content (AvgIpc) is 2.90. The normalized spacial score (nSPS) is 22.6. The highest BCUT2D eigenvalue weighted by molar-refractivity contribution is 5.81. The minimum Gasteiger partial charge on any atom is -0.481 e. The van der Waals surface area contributed by atoms with E-state index in [9.17, 15) is 9.59 Å². The van der Waals surface area contributed by atoms with Crippen LogP contribution >= 0.6 is 0 Å². The van der Waals surface area contributed by atoms with Crippen LogP contribution in [-0.2, 0) is 22.4 Å². The summed E-state index contributed by atoms with van der Waals surface area (Å²) in [5, 5.41) is 9.11. The van der Waals surface area contributed by atoms with Gasteiger partial charge in [0.15, 0.2) is 0 Å². The van der Waals surface area contributed by atoms with Crippen molar-refractivity contribution in [1.82, 2.24) is 4.90 Å². The molecule has 1 saturated heterocycles. The van der Waals surface area contributed by atoms with Gasteiger partial charge < -0.3 is 10.0 Å². The van der Waals surface area contributed by atoms with Gasteiger partial charge in [0.2, 0.25) is 5.91 Å². The van der Waals surface area contributed by atoms with E-state index in [4.69, 9.17) is 5.11 Å². The summed E-state index contributed by atoms with van der Waals surface area (Å²) < 4.78 is 0. The summed E-state index contributed by atoms with van der Waals surface area (Å²) in [6.45, 7) is 1.08. The molecule has 0 radical (unpaired) electrons. The molecule has 1 N–H and O–H groups in total. The van der Waals surface area contributed by atoms with Gasteiger partial charge >= 0.3 is 5.97 Å². The number of likely N-dealkylation sites (tertiary alicyclic amines) is 1. The molecule has 1 unspecified atom stereocenters. The monoisotopic (exact) mass is 273 g/mol. The summed E-state index contributed by atoms with van der Waals surface area (Å²) in [6, 6.07) is 8.18. The molecular formula is C16H19NO3. The van der Waals surface area contributed by atoms with Crippen LogP contribution in [0.15, 0.2) is 24.3 Å². The van der Waals surface area contributed by atoms with Gasteiger partial charge in [-0.2, -0.15) is 0 Å². The highest BCUT2D eigenvalue weighted by atomic mass is 16.4. The molecule has 0 aromatic heterocycles. The van der Waals surface area contributed by atoms with Crippen molar-refractivity contribution in [3.05, 3.63) is 35.4 Å². The van der Waals surface area contributed by atoms with Crippen molar-refractivity contribution in [2.24, 2.45) is 11.8 Å². The number of piperidine rings is 1. The predicted octanol–water partition coefficient (Wildman–Crippen LogP) is 1.72. The summed E-state index contributed by atoms with van der Waals surface area (Å²) in [4.78, 5) is 25.4. The zero-order valence-corrected chi connectivity index (χ0v) is 11.4. The largest absolute Gasteiger partial charge is 0.481 e. The third-order valence-electron chi connectivity index (χ3n) is 4.48. The number of carbonyl (C=O) groups is 2. The molecule has 0 bridgehead atoms. The van der Waals surface area contributed by atoms with Crippen LogP contribution in [0.3, 0.4) is 0 Å². The third kappa shape index (κ3) is 2.42. The van der Waals surface area contributed by atoms with Crippen molar-refractivity contribution in [2.45, 2.75) is 25.7 Å². The molecule has 4 heteroatoms. The Morgan fingerprint density at radius 2 is 1.75 bits per heavy atom. The summed E-state index contributed by atoms with van der Waals surface area (Å²) in [7, 11) is 0. The van der Waals surface area contributed by atoms with Gasteiger partial charge in [0.1, 0.15) is 0 Å². The molecule has 1 aliphatic heterocycles. The first kappa shape index (κ1) is 13.2. The number of carboxylic acids is 1. The number of hydrogen-bond acceptors (Lipinski definition) is 2. The minimum atomic E-state index is -0.780. The van der Waals surface area contributed by atoms with Crippen molar-refractivity contribution >= 4 is 11.9 Å². The quantitative estimate of drug-likeness (QED) is 0.892. The summed E-state index contributed by atoms with van der Waals surface area (Å²) in [6.07, 6.45) is 3.07. The van der Waals surface area contributed by atoms with E-state index < -0.39 is 11.9 Å². The Bertz CT molecular complexity index is 515. The first-order chi connectivity index (χ1) is 9.65. The summed E-state index contributed by atoms with van der Waals surface area (Å²) in [5.74, 6) is -1.04. The third-order valence-corrected chi connectivity index (χ3v) is 4.48. The van der Waals surface area contributed by atoms with E-state index in [-0.39, 0.29) is 11.8 Å².